The SMILES string of the molecule is C1CC2(CCO1)CC(NC1CC1)CCO2. The molecule has 2 heterocycles. The van der Waals surface area contributed by atoms with Crippen LogP contribution in [0.25, 0.3) is 0 Å². The van der Waals surface area contributed by atoms with Gasteiger partial charge in [-0.05, 0) is 38.5 Å². The number of rotatable bonds is 2. The Morgan fingerprint density at radius 2 is 1.73 bits per heavy atom. The maximum absolute atomic E-state index is 6.02. The molecule has 0 amide bonds. The molecule has 15 heavy (non-hydrogen) atoms. The summed E-state index contributed by atoms with van der Waals surface area (Å²) in [6, 6.07) is 1.52. The minimum atomic E-state index is 0.156. The predicted molar refractivity (Wildman–Crippen MR) is 57.9 cm³/mol. The summed E-state index contributed by atoms with van der Waals surface area (Å²) >= 11 is 0. The minimum absolute atomic E-state index is 0.156. The molecule has 0 aromatic heterocycles. The van der Waals surface area contributed by atoms with Gasteiger partial charge in [0.1, 0.15) is 0 Å². The molecule has 3 fully saturated rings. The lowest BCUT2D eigenvalue weighted by atomic mass is 9.84. The van der Waals surface area contributed by atoms with E-state index in [2.05, 4.69) is 5.32 Å². The van der Waals surface area contributed by atoms with Crippen molar-refractivity contribution in [1.82, 2.24) is 5.32 Å². The summed E-state index contributed by atoms with van der Waals surface area (Å²) < 4.78 is 11.4. The van der Waals surface area contributed by atoms with Crippen molar-refractivity contribution in [3.8, 4) is 0 Å². The summed E-state index contributed by atoms with van der Waals surface area (Å²) in [7, 11) is 0. The van der Waals surface area contributed by atoms with Crippen molar-refractivity contribution in [3.05, 3.63) is 0 Å². The number of hydrogen-bond donors (Lipinski definition) is 1. The number of nitrogens with one attached hydrogen (secondary N) is 1. The summed E-state index contributed by atoms with van der Waals surface area (Å²) in [5, 5.41) is 3.74. The molecule has 3 nitrogen and oxygen atoms in total. The first-order valence-corrected chi connectivity index (χ1v) is 6.34. The fourth-order valence-electron chi connectivity index (χ4n) is 2.85. The zero-order valence-corrected chi connectivity index (χ0v) is 9.34. The molecule has 86 valence electrons. The predicted octanol–water partition coefficient (Wildman–Crippen LogP) is 1.47. The van der Waals surface area contributed by atoms with E-state index in [1.54, 1.807) is 0 Å². The molecular weight excluding hydrogens is 190 g/mol. The Morgan fingerprint density at radius 3 is 2.47 bits per heavy atom. The molecule has 1 saturated carbocycles. The molecule has 0 radical (unpaired) electrons. The van der Waals surface area contributed by atoms with Gasteiger partial charge >= 0.3 is 0 Å². The lowest BCUT2D eigenvalue weighted by Gasteiger charge is -2.43. The monoisotopic (exact) mass is 211 g/mol. The van der Waals surface area contributed by atoms with E-state index in [0.717, 1.165) is 38.7 Å². The largest absolute Gasteiger partial charge is 0.381 e. The molecule has 1 N–H and O–H groups in total. The second kappa shape index (κ2) is 4.04. The number of ether oxygens (including phenoxy) is 2. The van der Waals surface area contributed by atoms with Crippen molar-refractivity contribution in [2.24, 2.45) is 0 Å². The van der Waals surface area contributed by atoms with Gasteiger partial charge in [0.15, 0.2) is 0 Å². The molecule has 0 bridgehead atoms. The maximum atomic E-state index is 6.02. The Kier molecular flexibility index (Phi) is 2.71. The molecule has 3 aliphatic rings. The second-order valence-electron chi connectivity index (χ2n) is 5.27. The summed E-state index contributed by atoms with van der Waals surface area (Å²) in [6.45, 7) is 2.71. The van der Waals surface area contributed by atoms with Crippen LogP contribution < -0.4 is 5.32 Å². The molecular formula is C12H21NO2. The normalized spacial score (nSPS) is 35.6. The second-order valence-corrected chi connectivity index (χ2v) is 5.27. The minimum Gasteiger partial charge on any atom is -0.381 e. The van der Waals surface area contributed by atoms with Crippen LogP contribution in [0.2, 0.25) is 0 Å². The van der Waals surface area contributed by atoms with Crippen LogP contribution >= 0.6 is 0 Å². The average molecular weight is 211 g/mol. The van der Waals surface area contributed by atoms with Crippen molar-refractivity contribution in [2.75, 3.05) is 19.8 Å². The Bertz CT molecular complexity index is 216. The Labute approximate surface area is 91.5 Å². The zero-order valence-electron chi connectivity index (χ0n) is 9.34. The third kappa shape index (κ3) is 2.35. The first kappa shape index (κ1) is 10.1. The highest BCUT2D eigenvalue weighted by Gasteiger charge is 2.40. The fraction of sp³-hybridized carbons (Fsp3) is 1.00. The zero-order chi connectivity index (χ0) is 10.1. The molecule has 3 rings (SSSR count). The van der Waals surface area contributed by atoms with Crippen molar-refractivity contribution < 1.29 is 9.47 Å². The van der Waals surface area contributed by atoms with Crippen LogP contribution in [0, 0.1) is 0 Å². The molecule has 1 aliphatic carbocycles. The van der Waals surface area contributed by atoms with Gasteiger partial charge < -0.3 is 14.8 Å². The Morgan fingerprint density at radius 1 is 0.933 bits per heavy atom. The van der Waals surface area contributed by atoms with Gasteiger partial charge in [-0.25, -0.2) is 0 Å². The van der Waals surface area contributed by atoms with E-state index in [1.807, 2.05) is 0 Å². The Balaban J connectivity index is 1.58. The van der Waals surface area contributed by atoms with E-state index in [-0.39, 0.29) is 5.60 Å². The molecule has 3 heteroatoms. The van der Waals surface area contributed by atoms with Crippen LogP contribution in [0.3, 0.4) is 0 Å². The fourth-order valence-corrected chi connectivity index (χ4v) is 2.85. The van der Waals surface area contributed by atoms with E-state index in [4.69, 9.17) is 9.47 Å². The van der Waals surface area contributed by atoms with Crippen molar-refractivity contribution >= 4 is 0 Å². The van der Waals surface area contributed by atoms with Gasteiger partial charge in [0, 0.05) is 31.9 Å². The van der Waals surface area contributed by atoms with Crippen LogP contribution in [-0.2, 0) is 9.47 Å². The van der Waals surface area contributed by atoms with Gasteiger partial charge in [0.2, 0.25) is 0 Å². The molecule has 2 aliphatic heterocycles. The average Bonchev–Trinajstić information content (AvgIpc) is 3.03. The maximum Gasteiger partial charge on any atom is 0.0741 e. The van der Waals surface area contributed by atoms with Gasteiger partial charge in [-0.2, -0.15) is 0 Å². The van der Waals surface area contributed by atoms with Gasteiger partial charge in [0.05, 0.1) is 5.60 Å². The van der Waals surface area contributed by atoms with E-state index in [9.17, 15) is 0 Å². The highest BCUT2D eigenvalue weighted by molar-refractivity contribution is 4.94. The van der Waals surface area contributed by atoms with Crippen molar-refractivity contribution in [1.29, 1.82) is 0 Å². The van der Waals surface area contributed by atoms with Crippen LogP contribution in [-0.4, -0.2) is 37.5 Å². The highest BCUT2D eigenvalue weighted by atomic mass is 16.5. The quantitative estimate of drug-likeness (QED) is 0.750. The van der Waals surface area contributed by atoms with Gasteiger partial charge in [-0.3, -0.25) is 0 Å². The van der Waals surface area contributed by atoms with Gasteiger partial charge in [-0.15, -0.1) is 0 Å². The molecule has 1 unspecified atom stereocenters. The van der Waals surface area contributed by atoms with Crippen molar-refractivity contribution in [2.45, 2.75) is 56.2 Å². The lowest BCUT2D eigenvalue weighted by molar-refractivity contribution is -0.140. The molecule has 1 spiro atoms. The van der Waals surface area contributed by atoms with E-state index >= 15 is 0 Å². The summed E-state index contributed by atoms with van der Waals surface area (Å²) in [5.41, 5.74) is 0.156. The summed E-state index contributed by atoms with van der Waals surface area (Å²) in [6.07, 6.45) is 7.35. The smallest absolute Gasteiger partial charge is 0.0741 e. The first-order valence-electron chi connectivity index (χ1n) is 6.34. The first-order chi connectivity index (χ1) is 7.36. The van der Waals surface area contributed by atoms with E-state index in [1.165, 1.54) is 25.7 Å². The highest BCUT2D eigenvalue weighted by Crippen LogP contribution is 2.35. The third-order valence-electron chi connectivity index (χ3n) is 3.95. The van der Waals surface area contributed by atoms with E-state index < -0.39 is 0 Å². The van der Waals surface area contributed by atoms with Crippen LogP contribution in [0.1, 0.15) is 38.5 Å². The van der Waals surface area contributed by atoms with Gasteiger partial charge in [-0.1, -0.05) is 0 Å². The Hall–Kier alpha value is -0.120. The van der Waals surface area contributed by atoms with E-state index in [0.29, 0.717) is 6.04 Å². The van der Waals surface area contributed by atoms with Gasteiger partial charge in [0.25, 0.3) is 0 Å². The lowest BCUT2D eigenvalue weighted by Crippen LogP contribution is -2.50. The molecule has 0 aromatic rings. The molecule has 2 saturated heterocycles. The number of hydrogen-bond acceptors (Lipinski definition) is 3. The van der Waals surface area contributed by atoms with Crippen molar-refractivity contribution in [3.63, 3.8) is 0 Å². The molecule has 0 aromatic carbocycles. The standard InChI is InChI=1S/C12H21NO2/c1-2-10(1)13-11-3-6-15-12(9-11)4-7-14-8-5-12/h10-11,13H,1-9H2. The summed E-state index contributed by atoms with van der Waals surface area (Å²) in [5.74, 6) is 0. The topological polar surface area (TPSA) is 30.5 Å². The third-order valence-corrected chi connectivity index (χ3v) is 3.95. The molecule has 1 atom stereocenters. The van der Waals surface area contributed by atoms with Crippen LogP contribution in [0.15, 0.2) is 0 Å². The van der Waals surface area contributed by atoms with Crippen LogP contribution in [0.5, 0.6) is 0 Å². The van der Waals surface area contributed by atoms with Crippen LogP contribution in [0.4, 0.5) is 0 Å². The summed E-state index contributed by atoms with van der Waals surface area (Å²) in [4.78, 5) is 0.